The van der Waals surface area contributed by atoms with Gasteiger partial charge in [0.1, 0.15) is 12.2 Å². The van der Waals surface area contributed by atoms with Gasteiger partial charge in [-0.15, -0.1) is 0 Å². The Morgan fingerprint density at radius 3 is 2.72 bits per heavy atom. The average Bonchev–Trinajstić information content (AvgIpc) is 3.25. The van der Waals surface area contributed by atoms with E-state index in [0.717, 1.165) is 24.8 Å². The second-order valence-electron chi connectivity index (χ2n) is 9.19. The number of methoxy groups -OCH3 is 1. The highest BCUT2D eigenvalue weighted by molar-refractivity contribution is 5.93. The molecule has 3 fully saturated rings. The van der Waals surface area contributed by atoms with Crippen LogP contribution >= 0.6 is 0 Å². The second kappa shape index (κ2) is 6.81. The zero-order valence-electron chi connectivity index (χ0n) is 17.1. The van der Waals surface area contributed by atoms with Crippen molar-refractivity contribution < 1.29 is 28.5 Å². The molecule has 7 atom stereocenters. The van der Waals surface area contributed by atoms with Crippen LogP contribution in [-0.4, -0.2) is 43.7 Å². The van der Waals surface area contributed by atoms with Crippen molar-refractivity contribution in [3.63, 3.8) is 0 Å². The van der Waals surface area contributed by atoms with Gasteiger partial charge in [0.15, 0.2) is 5.79 Å². The number of cyclic esters (lactones) is 1. The minimum absolute atomic E-state index is 0.0863. The van der Waals surface area contributed by atoms with Crippen molar-refractivity contribution in [2.45, 2.75) is 51.1 Å². The fourth-order valence-electron chi connectivity index (χ4n) is 5.99. The molecule has 0 aromatic carbocycles. The summed E-state index contributed by atoms with van der Waals surface area (Å²) in [5.74, 6) is -0.561. The molecule has 3 aliphatic carbocycles. The van der Waals surface area contributed by atoms with Crippen LogP contribution < -0.4 is 0 Å². The number of hydrogen-bond donors (Lipinski definition) is 0. The fourth-order valence-corrected chi connectivity index (χ4v) is 5.99. The first-order chi connectivity index (χ1) is 13.9. The maximum absolute atomic E-state index is 12.9. The normalized spacial score (nSPS) is 42.2. The molecule has 2 saturated heterocycles. The number of rotatable bonds is 2. The van der Waals surface area contributed by atoms with E-state index in [4.69, 9.17) is 18.9 Å². The first-order valence-corrected chi connectivity index (χ1v) is 10.6. The number of carbonyl (C=O) groups excluding carboxylic acids is 2. The summed E-state index contributed by atoms with van der Waals surface area (Å²) in [4.78, 5) is 25.1. The molecule has 0 amide bonds. The fraction of sp³-hybridized carbons (Fsp3) is 0.652. The number of ether oxygens (including phenoxy) is 4. The molecule has 0 unspecified atom stereocenters. The Labute approximate surface area is 170 Å². The number of esters is 2. The maximum atomic E-state index is 12.9. The third kappa shape index (κ3) is 2.99. The van der Waals surface area contributed by atoms with Crippen LogP contribution in [0, 0.1) is 29.6 Å². The molecule has 0 spiro atoms. The summed E-state index contributed by atoms with van der Waals surface area (Å²) in [6.07, 6.45) is 10.5. The summed E-state index contributed by atoms with van der Waals surface area (Å²) >= 11 is 0. The molecule has 0 bridgehead atoms. The van der Waals surface area contributed by atoms with Gasteiger partial charge in [0.05, 0.1) is 19.6 Å². The molecule has 2 heterocycles. The van der Waals surface area contributed by atoms with E-state index in [1.807, 2.05) is 13.8 Å². The Balaban J connectivity index is 1.43. The summed E-state index contributed by atoms with van der Waals surface area (Å²) < 4.78 is 22.5. The Kier molecular flexibility index (Phi) is 4.48. The van der Waals surface area contributed by atoms with E-state index in [1.165, 1.54) is 12.7 Å². The van der Waals surface area contributed by atoms with E-state index >= 15 is 0 Å². The third-order valence-corrected chi connectivity index (χ3v) is 7.25. The van der Waals surface area contributed by atoms with Crippen LogP contribution in [0.4, 0.5) is 0 Å². The van der Waals surface area contributed by atoms with E-state index in [9.17, 15) is 9.59 Å². The third-order valence-electron chi connectivity index (χ3n) is 7.25. The predicted molar refractivity (Wildman–Crippen MR) is 103 cm³/mol. The van der Waals surface area contributed by atoms with Crippen LogP contribution in [0.5, 0.6) is 0 Å². The molecule has 29 heavy (non-hydrogen) atoms. The quantitative estimate of drug-likeness (QED) is 0.524. The van der Waals surface area contributed by atoms with E-state index < -0.39 is 5.79 Å². The Hall–Kier alpha value is -1.92. The highest BCUT2D eigenvalue weighted by atomic mass is 16.8. The molecule has 0 aromatic heterocycles. The van der Waals surface area contributed by atoms with E-state index in [-0.39, 0.29) is 53.7 Å². The number of allylic oxidation sites excluding steroid dienone is 4. The van der Waals surface area contributed by atoms with E-state index in [1.54, 1.807) is 0 Å². The lowest BCUT2D eigenvalue weighted by Crippen LogP contribution is -2.40. The number of fused-ring (bicyclic) bond motifs is 4. The molecule has 6 nitrogen and oxygen atoms in total. The molecule has 2 aliphatic heterocycles. The standard InChI is InChI=1S/C23H28O6/c1-23(2)27-11-18(29-23)20-17-10-8-13-12-5-4-6-16(21(24)26-3)14(12)7-9-15(13)19(17)22(25)28-20/h4-5,8,10,12-14,16-18,20H,6-7,9,11H2,1-3H3/t12-,13-,14-,16-,17-,18-,20-/m1/s1. The van der Waals surface area contributed by atoms with Crippen molar-refractivity contribution in [3.05, 3.63) is 35.5 Å². The monoisotopic (exact) mass is 400 g/mol. The summed E-state index contributed by atoms with van der Waals surface area (Å²) in [5.41, 5.74) is 1.99. The predicted octanol–water partition coefficient (Wildman–Crippen LogP) is 2.94. The molecule has 0 N–H and O–H groups in total. The largest absolute Gasteiger partial charge is 0.469 e. The minimum Gasteiger partial charge on any atom is -0.469 e. The SMILES string of the molecule is COC(=O)[C@@H]1CC=C[C@H]2[C@H]1CCC1=C3C(=O)O[C@@H]([C@H]4COC(C)(C)O4)[C@@H]3C=C[C@@H]12. The van der Waals surface area contributed by atoms with Crippen LogP contribution in [-0.2, 0) is 28.5 Å². The lowest BCUT2D eigenvalue weighted by Gasteiger charge is -2.44. The molecular weight excluding hydrogens is 372 g/mol. The van der Waals surface area contributed by atoms with Crippen molar-refractivity contribution in [3.8, 4) is 0 Å². The topological polar surface area (TPSA) is 71.1 Å². The zero-order valence-corrected chi connectivity index (χ0v) is 17.1. The van der Waals surface area contributed by atoms with Crippen molar-refractivity contribution in [2.24, 2.45) is 29.6 Å². The molecule has 0 aromatic rings. The van der Waals surface area contributed by atoms with Gasteiger partial charge in [-0.25, -0.2) is 4.79 Å². The Bertz CT molecular complexity index is 821. The summed E-state index contributed by atoms with van der Waals surface area (Å²) in [7, 11) is 1.46. The first-order valence-electron chi connectivity index (χ1n) is 10.6. The number of carbonyl (C=O) groups is 2. The van der Waals surface area contributed by atoms with Gasteiger partial charge in [-0.2, -0.15) is 0 Å². The van der Waals surface area contributed by atoms with Gasteiger partial charge in [-0.1, -0.05) is 29.9 Å². The summed E-state index contributed by atoms with van der Waals surface area (Å²) in [6.45, 7) is 4.18. The highest BCUT2D eigenvalue weighted by Gasteiger charge is 2.53. The van der Waals surface area contributed by atoms with Crippen LogP contribution in [0.2, 0.25) is 0 Å². The van der Waals surface area contributed by atoms with Gasteiger partial charge in [0.2, 0.25) is 0 Å². The van der Waals surface area contributed by atoms with Crippen molar-refractivity contribution in [1.29, 1.82) is 0 Å². The summed E-state index contributed by atoms with van der Waals surface area (Å²) in [5, 5.41) is 0. The smallest absolute Gasteiger partial charge is 0.335 e. The van der Waals surface area contributed by atoms with Gasteiger partial charge in [-0.3, -0.25) is 4.79 Å². The van der Waals surface area contributed by atoms with Crippen molar-refractivity contribution >= 4 is 11.9 Å². The highest BCUT2D eigenvalue weighted by Crippen LogP contribution is 2.52. The van der Waals surface area contributed by atoms with Crippen molar-refractivity contribution in [2.75, 3.05) is 13.7 Å². The van der Waals surface area contributed by atoms with Gasteiger partial charge in [0, 0.05) is 17.4 Å². The Morgan fingerprint density at radius 1 is 1.21 bits per heavy atom. The summed E-state index contributed by atoms with van der Waals surface area (Å²) in [6, 6.07) is 0. The van der Waals surface area contributed by atoms with E-state index in [0.29, 0.717) is 6.61 Å². The molecule has 6 heteroatoms. The maximum Gasteiger partial charge on any atom is 0.335 e. The zero-order chi connectivity index (χ0) is 20.3. The molecule has 0 radical (unpaired) electrons. The van der Waals surface area contributed by atoms with Crippen LogP contribution in [0.3, 0.4) is 0 Å². The molecule has 156 valence electrons. The van der Waals surface area contributed by atoms with E-state index in [2.05, 4.69) is 24.3 Å². The Morgan fingerprint density at radius 2 is 2.00 bits per heavy atom. The first kappa shape index (κ1) is 19.1. The van der Waals surface area contributed by atoms with Gasteiger partial charge >= 0.3 is 11.9 Å². The van der Waals surface area contributed by atoms with Crippen molar-refractivity contribution in [1.82, 2.24) is 0 Å². The number of hydrogen-bond acceptors (Lipinski definition) is 6. The average molecular weight is 400 g/mol. The lowest BCUT2D eigenvalue weighted by molar-refractivity contribution is -0.162. The van der Waals surface area contributed by atoms with Crippen LogP contribution in [0.1, 0.15) is 33.1 Å². The van der Waals surface area contributed by atoms with Gasteiger partial charge in [-0.05, 0) is 44.9 Å². The molecule has 1 saturated carbocycles. The second-order valence-corrected chi connectivity index (χ2v) is 9.19. The molecule has 5 aliphatic rings. The minimum atomic E-state index is -0.651. The van der Waals surface area contributed by atoms with Gasteiger partial charge < -0.3 is 18.9 Å². The lowest BCUT2D eigenvalue weighted by atomic mass is 9.59. The van der Waals surface area contributed by atoms with Crippen LogP contribution in [0.25, 0.3) is 0 Å². The van der Waals surface area contributed by atoms with Crippen LogP contribution in [0.15, 0.2) is 35.5 Å². The molecule has 5 rings (SSSR count). The van der Waals surface area contributed by atoms with Gasteiger partial charge in [0.25, 0.3) is 0 Å². The molecular formula is C23H28O6.